The number of hydrogen-bond donors (Lipinski definition) is 1. The van der Waals surface area contributed by atoms with Crippen molar-refractivity contribution in [3.63, 3.8) is 0 Å². The molecule has 2 amide bonds. The molecule has 0 unspecified atom stereocenters. The SMILES string of the molecule is O=C(Nc1nc2c(s1)CN(C(=O)c1ccccc1C(F)(F)F)CC2)C1CC1. The van der Waals surface area contributed by atoms with Crippen molar-refractivity contribution in [2.45, 2.75) is 32.0 Å². The molecule has 1 N–H and O–H groups in total. The van der Waals surface area contributed by atoms with Crippen molar-refractivity contribution in [1.29, 1.82) is 0 Å². The summed E-state index contributed by atoms with van der Waals surface area (Å²) in [5.74, 6) is -0.637. The standard InChI is InChI=1S/C18H16F3N3O2S/c19-18(20,21)12-4-2-1-3-11(12)16(26)24-8-7-13-14(9-24)27-17(22-13)23-15(25)10-5-6-10/h1-4,10H,5-9H2,(H,22,23,25). The second-order valence-electron chi connectivity index (χ2n) is 6.67. The lowest BCUT2D eigenvalue weighted by molar-refractivity contribution is -0.138. The van der Waals surface area contributed by atoms with Gasteiger partial charge in [-0.15, -0.1) is 0 Å². The van der Waals surface area contributed by atoms with E-state index in [0.717, 1.165) is 29.5 Å². The largest absolute Gasteiger partial charge is 0.417 e. The van der Waals surface area contributed by atoms with E-state index < -0.39 is 17.6 Å². The fourth-order valence-electron chi connectivity index (χ4n) is 3.06. The molecular formula is C18H16F3N3O2S. The smallest absolute Gasteiger partial charge is 0.333 e. The number of alkyl halides is 3. The summed E-state index contributed by atoms with van der Waals surface area (Å²) in [7, 11) is 0. The molecule has 27 heavy (non-hydrogen) atoms. The van der Waals surface area contributed by atoms with Gasteiger partial charge in [0.1, 0.15) is 0 Å². The second-order valence-corrected chi connectivity index (χ2v) is 7.76. The van der Waals surface area contributed by atoms with Crippen molar-refractivity contribution in [1.82, 2.24) is 9.88 Å². The number of nitrogens with one attached hydrogen (secondary N) is 1. The number of thiazole rings is 1. The molecule has 0 bridgehead atoms. The number of carbonyl (C=O) groups is 2. The number of benzene rings is 1. The molecule has 0 atom stereocenters. The van der Waals surface area contributed by atoms with Gasteiger partial charge in [-0.3, -0.25) is 9.59 Å². The third-order valence-corrected chi connectivity index (χ3v) is 5.66. The van der Waals surface area contributed by atoms with Gasteiger partial charge >= 0.3 is 6.18 Å². The maximum absolute atomic E-state index is 13.2. The molecule has 2 heterocycles. The lowest BCUT2D eigenvalue weighted by atomic mass is 10.0. The van der Waals surface area contributed by atoms with Gasteiger partial charge in [-0.05, 0) is 25.0 Å². The number of anilines is 1. The summed E-state index contributed by atoms with van der Waals surface area (Å²) >= 11 is 1.28. The molecule has 5 nitrogen and oxygen atoms in total. The van der Waals surface area contributed by atoms with Crippen molar-refractivity contribution in [3.8, 4) is 0 Å². The molecule has 2 aromatic rings. The Labute approximate surface area is 157 Å². The Balaban J connectivity index is 1.52. The highest BCUT2D eigenvalue weighted by molar-refractivity contribution is 7.15. The molecule has 1 aromatic carbocycles. The van der Waals surface area contributed by atoms with Crippen LogP contribution >= 0.6 is 11.3 Å². The molecule has 1 aliphatic carbocycles. The van der Waals surface area contributed by atoms with Crippen molar-refractivity contribution >= 4 is 28.3 Å². The zero-order valence-corrected chi connectivity index (χ0v) is 15.0. The predicted octanol–water partition coefficient (Wildman–Crippen LogP) is 3.71. The number of fused-ring (bicyclic) bond motifs is 1. The van der Waals surface area contributed by atoms with Crippen LogP contribution in [-0.2, 0) is 23.9 Å². The van der Waals surface area contributed by atoms with Crippen LogP contribution in [0.4, 0.5) is 18.3 Å². The highest BCUT2D eigenvalue weighted by Gasteiger charge is 2.37. The maximum atomic E-state index is 13.2. The fraction of sp³-hybridized carbons (Fsp3) is 0.389. The molecular weight excluding hydrogens is 379 g/mol. The molecule has 1 aliphatic heterocycles. The van der Waals surface area contributed by atoms with Crippen LogP contribution in [-0.4, -0.2) is 28.2 Å². The van der Waals surface area contributed by atoms with E-state index in [9.17, 15) is 22.8 Å². The van der Waals surface area contributed by atoms with Crippen LogP contribution in [0.3, 0.4) is 0 Å². The van der Waals surface area contributed by atoms with E-state index in [1.54, 1.807) is 0 Å². The van der Waals surface area contributed by atoms with Crippen LogP contribution in [0.15, 0.2) is 24.3 Å². The van der Waals surface area contributed by atoms with E-state index in [4.69, 9.17) is 0 Å². The summed E-state index contributed by atoms with van der Waals surface area (Å²) < 4.78 is 39.6. The normalized spacial score (nSPS) is 16.8. The van der Waals surface area contributed by atoms with Gasteiger partial charge in [0.2, 0.25) is 5.91 Å². The van der Waals surface area contributed by atoms with Crippen molar-refractivity contribution < 1.29 is 22.8 Å². The average molecular weight is 395 g/mol. The quantitative estimate of drug-likeness (QED) is 0.862. The zero-order chi connectivity index (χ0) is 19.2. The molecule has 1 aromatic heterocycles. The first-order valence-electron chi connectivity index (χ1n) is 8.58. The topological polar surface area (TPSA) is 62.3 Å². The van der Waals surface area contributed by atoms with Crippen molar-refractivity contribution in [2.75, 3.05) is 11.9 Å². The van der Waals surface area contributed by atoms with Crippen molar-refractivity contribution in [2.24, 2.45) is 5.92 Å². The van der Waals surface area contributed by atoms with E-state index in [1.807, 2.05) is 0 Å². The molecule has 1 fully saturated rings. The molecule has 142 valence electrons. The van der Waals surface area contributed by atoms with E-state index in [2.05, 4.69) is 10.3 Å². The fourth-order valence-corrected chi connectivity index (χ4v) is 4.09. The highest BCUT2D eigenvalue weighted by Crippen LogP contribution is 2.35. The van der Waals surface area contributed by atoms with Crippen molar-refractivity contribution in [3.05, 3.63) is 46.0 Å². The van der Waals surface area contributed by atoms with Gasteiger partial charge in [-0.1, -0.05) is 23.5 Å². The summed E-state index contributed by atoms with van der Waals surface area (Å²) in [6, 6.07) is 4.82. The Hall–Kier alpha value is -2.42. The maximum Gasteiger partial charge on any atom is 0.417 e. The summed E-state index contributed by atoms with van der Waals surface area (Å²) in [6.07, 6.45) is -2.36. The van der Waals surface area contributed by atoms with E-state index >= 15 is 0 Å². The first-order chi connectivity index (χ1) is 12.8. The lowest BCUT2D eigenvalue weighted by Crippen LogP contribution is -2.36. The van der Waals surface area contributed by atoms with Crippen LogP contribution in [0.5, 0.6) is 0 Å². The molecule has 4 rings (SSSR count). The summed E-state index contributed by atoms with van der Waals surface area (Å²) in [6.45, 7) is 0.481. The number of nitrogens with zero attached hydrogens (tertiary/aromatic N) is 2. The molecule has 2 aliphatic rings. The monoisotopic (exact) mass is 395 g/mol. The Morgan fingerprint density at radius 1 is 1.22 bits per heavy atom. The Morgan fingerprint density at radius 3 is 2.67 bits per heavy atom. The Morgan fingerprint density at radius 2 is 1.96 bits per heavy atom. The van der Waals surface area contributed by atoms with Crippen LogP contribution in [0.2, 0.25) is 0 Å². The number of hydrogen-bond acceptors (Lipinski definition) is 4. The third-order valence-electron chi connectivity index (χ3n) is 4.66. The van der Waals surface area contributed by atoms with Crippen LogP contribution < -0.4 is 5.32 Å². The van der Waals surface area contributed by atoms with E-state index in [1.165, 1.54) is 34.4 Å². The lowest BCUT2D eigenvalue weighted by Gasteiger charge is -2.27. The zero-order valence-electron chi connectivity index (χ0n) is 14.2. The summed E-state index contributed by atoms with van der Waals surface area (Å²) in [5.41, 5.74) is -0.484. The van der Waals surface area contributed by atoms with Crippen LogP contribution in [0.25, 0.3) is 0 Å². The minimum absolute atomic E-state index is 0.0480. The molecule has 0 spiro atoms. The Kier molecular flexibility index (Phi) is 4.41. The number of aromatic nitrogens is 1. The second kappa shape index (κ2) is 6.63. The van der Waals surface area contributed by atoms with Crippen LogP contribution in [0, 0.1) is 5.92 Å². The third kappa shape index (κ3) is 3.69. The van der Waals surface area contributed by atoms with Gasteiger partial charge < -0.3 is 10.2 Å². The number of rotatable bonds is 3. The Bertz CT molecular complexity index is 905. The van der Waals surface area contributed by atoms with Crippen LogP contribution in [0.1, 0.15) is 39.3 Å². The molecule has 9 heteroatoms. The number of carbonyl (C=O) groups excluding carboxylic acids is 2. The summed E-state index contributed by atoms with van der Waals surface area (Å²) in [4.78, 5) is 31.2. The number of halogens is 3. The molecule has 0 radical (unpaired) electrons. The van der Waals surface area contributed by atoms with E-state index in [0.29, 0.717) is 11.6 Å². The first kappa shape index (κ1) is 18.0. The first-order valence-corrected chi connectivity index (χ1v) is 9.39. The van der Waals surface area contributed by atoms with Gasteiger partial charge in [0, 0.05) is 23.8 Å². The van der Waals surface area contributed by atoms with Gasteiger partial charge in [0.05, 0.1) is 23.4 Å². The molecule has 0 saturated heterocycles. The van der Waals surface area contributed by atoms with Gasteiger partial charge in [0.25, 0.3) is 5.91 Å². The van der Waals surface area contributed by atoms with Gasteiger partial charge in [-0.2, -0.15) is 13.2 Å². The number of amides is 2. The molecule has 1 saturated carbocycles. The highest BCUT2D eigenvalue weighted by atomic mass is 32.1. The van der Waals surface area contributed by atoms with Gasteiger partial charge in [-0.25, -0.2) is 4.98 Å². The van der Waals surface area contributed by atoms with E-state index in [-0.39, 0.29) is 30.5 Å². The van der Waals surface area contributed by atoms with Gasteiger partial charge in [0.15, 0.2) is 5.13 Å². The minimum atomic E-state index is -4.59. The predicted molar refractivity (Wildman–Crippen MR) is 93.4 cm³/mol. The summed E-state index contributed by atoms with van der Waals surface area (Å²) in [5, 5.41) is 3.27. The average Bonchev–Trinajstić information content (AvgIpc) is 3.40. The minimum Gasteiger partial charge on any atom is -0.333 e.